The van der Waals surface area contributed by atoms with Gasteiger partial charge in [0, 0.05) is 28.8 Å². The van der Waals surface area contributed by atoms with Crippen molar-refractivity contribution in [1.29, 1.82) is 0 Å². The van der Waals surface area contributed by atoms with E-state index in [1.165, 1.54) is 0 Å². The lowest BCUT2D eigenvalue weighted by Crippen LogP contribution is -2.37. The van der Waals surface area contributed by atoms with Crippen LogP contribution >= 0.6 is 11.6 Å². The average Bonchev–Trinajstić information content (AvgIpc) is 2.77. The number of fused-ring (bicyclic) bond motifs is 1. The molecule has 5 nitrogen and oxygen atoms in total. The Morgan fingerprint density at radius 2 is 1.84 bits per heavy atom. The van der Waals surface area contributed by atoms with Gasteiger partial charge in [-0.3, -0.25) is 14.2 Å². The first-order valence-electron chi connectivity index (χ1n) is 10.1. The SMILES string of the molecule is CCN(C(=O)c1cc2cccnc2n(Cc2ccc(Cl)cc2)c1=O)c1cccc(C)c1. The molecular formula is C25H22ClN3O2. The third-order valence-electron chi connectivity index (χ3n) is 5.21. The molecule has 31 heavy (non-hydrogen) atoms. The summed E-state index contributed by atoms with van der Waals surface area (Å²) in [5.74, 6) is -0.325. The van der Waals surface area contributed by atoms with E-state index < -0.39 is 0 Å². The first kappa shape index (κ1) is 20.8. The molecule has 0 saturated heterocycles. The Hall–Kier alpha value is -3.44. The van der Waals surface area contributed by atoms with Crippen LogP contribution < -0.4 is 10.5 Å². The van der Waals surface area contributed by atoms with Crippen molar-refractivity contribution in [2.75, 3.05) is 11.4 Å². The zero-order chi connectivity index (χ0) is 22.0. The molecule has 0 bridgehead atoms. The van der Waals surface area contributed by atoms with Crippen LogP contribution in [-0.2, 0) is 6.54 Å². The number of aromatic nitrogens is 2. The van der Waals surface area contributed by atoms with Crippen molar-refractivity contribution in [2.45, 2.75) is 20.4 Å². The van der Waals surface area contributed by atoms with E-state index in [4.69, 9.17) is 11.6 Å². The molecule has 1 amide bonds. The number of amides is 1. The molecule has 2 aromatic carbocycles. The van der Waals surface area contributed by atoms with Crippen LogP contribution in [0.2, 0.25) is 5.02 Å². The van der Waals surface area contributed by atoms with E-state index in [1.807, 2.05) is 56.3 Å². The molecule has 0 atom stereocenters. The summed E-state index contributed by atoms with van der Waals surface area (Å²) in [6.07, 6.45) is 1.65. The van der Waals surface area contributed by atoms with Crippen molar-refractivity contribution < 1.29 is 4.79 Å². The van der Waals surface area contributed by atoms with E-state index in [9.17, 15) is 9.59 Å². The van der Waals surface area contributed by atoms with Gasteiger partial charge in [-0.15, -0.1) is 0 Å². The minimum Gasteiger partial charge on any atom is -0.308 e. The maximum Gasteiger partial charge on any atom is 0.265 e. The Morgan fingerprint density at radius 3 is 2.55 bits per heavy atom. The molecule has 2 heterocycles. The van der Waals surface area contributed by atoms with E-state index in [1.54, 1.807) is 39.9 Å². The molecular weight excluding hydrogens is 410 g/mol. The van der Waals surface area contributed by atoms with Crippen molar-refractivity contribution in [1.82, 2.24) is 9.55 Å². The number of aryl methyl sites for hydroxylation is 1. The van der Waals surface area contributed by atoms with Crippen LogP contribution in [0.25, 0.3) is 11.0 Å². The van der Waals surface area contributed by atoms with Gasteiger partial charge in [0.15, 0.2) is 0 Å². The molecule has 4 rings (SSSR count). The quantitative estimate of drug-likeness (QED) is 0.443. The molecule has 0 aliphatic carbocycles. The second-order valence-corrected chi connectivity index (χ2v) is 7.82. The fourth-order valence-corrected chi connectivity index (χ4v) is 3.79. The van der Waals surface area contributed by atoms with Gasteiger partial charge < -0.3 is 4.90 Å². The Balaban J connectivity index is 1.84. The summed E-state index contributed by atoms with van der Waals surface area (Å²) >= 11 is 6.00. The molecule has 156 valence electrons. The van der Waals surface area contributed by atoms with Crippen molar-refractivity contribution >= 4 is 34.2 Å². The lowest BCUT2D eigenvalue weighted by atomic mass is 10.1. The van der Waals surface area contributed by atoms with E-state index in [0.717, 1.165) is 22.2 Å². The minimum absolute atomic E-state index is 0.123. The van der Waals surface area contributed by atoms with Crippen molar-refractivity contribution in [3.63, 3.8) is 0 Å². The first-order chi connectivity index (χ1) is 15.0. The number of rotatable bonds is 5. The summed E-state index contributed by atoms with van der Waals surface area (Å²) in [5, 5.41) is 1.36. The van der Waals surface area contributed by atoms with Crippen LogP contribution in [0.5, 0.6) is 0 Å². The van der Waals surface area contributed by atoms with Gasteiger partial charge in [-0.1, -0.05) is 35.9 Å². The second kappa shape index (κ2) is 8.74. The van der Waals surface area contributed by atoms with E-state index >= 15 is 0 Å². The number of hydrogen-bond donors (Lipinski definition) is 0. The Bertz CT molecular complexity index is 1310. The van der Waals surface area contributed by atoms with Gasteiger partial charge in [-0.05, 0) is 67.4 Å². The molecule has 6 heteroatoms. The number of anilines is 1. The topological polar surface area (TPSA) is 55.2 Å². The molecule has 4 aromatic rings. The largest absolute Gasteiger partial charge is 0.308 e. The lowest BCUT2D eigenvalue weighted by Gasteiger charge is -2.22. The molecule has 0 saturated carbocycles. The first-order valence-corrected chi connectivity index (χ1v) is 10.5. The zero-order valence-electron chi connectivity index (χ0n) is 17.4. The monoisotopic (exact) mass is 431 g/mol. The molecule has 2 aromatic heterocycles. The molecule has 0 aliphatic heterocycles. The number of benzene rings is 2. The highest BCUT2D eigenvalue weighted by Crippen LogP contribution is 2.20. The number of hydrogen-bond acceptors (Lipinski definition) is 3. The fraction of sp³-hybridized carbons (Fsp3) is 0.160. The number of carbonyl (C=O) groups excluding carboxylic acids is 1. The van der Waals surface area contributed by atoms with Gasteiger partial charge in [0.05, 0.1) is 6.54 Å². The van der Waals surface area contributed by atoms with Crippen molar-refractivity contribution in [3.8, 4) is 0 Å². The molecule has 0 radical (unpaired) electrons. The van der Waals surface area contributed by atoms with Crippen LogP contribution in [0.3, 0.4) is 0 Å². The minimum atomic E-state index is -0.364. The smallest absolute Gasteiger partial charge is 0.265 e. The normalized spacial score (nSPS) is 10.9. The van der Waals surface area contributed by atoms with Crippen LogP contribution in [0.4, 0.5) is 5.69 Å². The van der Waals surface area contributed by atoms with Crippen LogP contribution in [-0.4, -0.2) is 22.0 Å². The van der Waals surface area contributed by atoms with Gasteiger partial charge in [0.1, 0.15) is 11.2 Å². The predicted octanol–water partition coefficient (Wildman–Crippen LogP) is 5.07. The average molecular weight is 432 g/mol. The van der Waals surface area contributed by atoms with Crippen molar-refractivity contribution in [2.24, 2.45) is 0 Å². The fourth-order valence-electron chi connectivity index (χ4n) is 3.66. The van der Waals surface area contributed by atoms with E-state index in [2.05, 4.69) is 4.98 Å². The summed E-state index contributed by atoms with van der Waals surface area (Å²) in [6.45, 7) is 4.61. The Morgan fingerprint density at radius 1 is 1.06 bits per heavy atom. The highest BCUT2D eigenvalue weighted by molar-refractivity contribution is 6.30. The van der Waals surface area contributed by atoms with Crippen LogP contribution in [0.15, 0.2) is 77.7 Å². The zero-order valence-corrected chi connectivity index (χ0v) is 18.1. The summed E-state index contributed by atoms with van der Waals surface area (Å²) in [4.78, 5) is 33.0. The molecule has 0 N–H and O–H groups in total. The van der Waals surface area contributed by atoms with Gasteiger partial charge >= 0.3 is 0 Å². The van der Waals surface area contributed by atoms with Gasteiger partial charge in [0.2, 0.25) is 0 Å². The highest BCUT2D eigenvalue weighted by atomic mass is 35.5. The number of pyridine rings is 2. The lowest BCUT2D eigenvalue weighted by molar-refractivity contribution is 0.0986. The van der Waals surface area contributed by atoms with Crippen LogP contribution in [0.1, 0.15) is 28.4 Å². The summed E-state index contributed by atoms with van der Waals surface area (Å²) in [5.41, 5.74) is 3.01. The standard InChI is InChI=1S/C25H22ClN3O2/c1-3-28(21-8-4-6-17(2)14-21)24(30)22-15-19-7-5-13-27-23(19)29(25(22)31)16-18-9-11-20(26)12-10-18/h4-15H,3,16H2,1-2H3. The summed E-state index contributed by atoms with van der Waals surface area (Å²) in [6, 6.07) is 20.3. The van der Waals surface area contributed by atoms with Crippen LogP contribution in [0, 0.1) is 6.92 Å². The molecule has 0 aliphatic rings. The predicted molar refractivity (Wildman–Crippen MR) is 125 cm³/mol. The highest BCUT2D eigenvalue weighted by Gasteiger charge is 2.22. The van der Waals surface area contributed by atoms with Gasteiger partial charge in [-0.25, -0.2) is 4.98 Å². The number of carbonyl (C=O) groups is 1. The molecule has 0 fully saturated rings. The number of halogens is 1. The summed E-state index contributed by atoms with van der Waals surface area (Å²) < 4.78 is 1.55. The van der Waals surface area contributed by atoms with E-state index in [-0.39, 0.29) is 17.0 Å². The summed E-state index contributed by atoms with van der Waals surface area (Å²) in [7, 11) is 0. The molecule has 0 unspecified atom stereocenters. The maximum absolute atomic E-state index is 13.5. The Kier molecular flexibility index (Phi) is 5.87. The third kappa shape index (κ3) is 4.23. The maximum atomic E-state index is 13.5. The Labute approximate surface area is 185 Å². The van der Waals surface area contributed by atoms with E-state index in [0.29, 0.717) is 23.8 Å². The second-order valence-electron chi connectivity index (χ2n) is 7.38. The van der Waals surface area contributed by atoms with Crippen molar-refractivity contribution in [3.05, 3.63) is 105 Å². The molecule has 0 spiro atoms. The van der Waals surface area contributed by atoms with Gasteiger partial charge in [-0.2, -0.15) is 0 Å². The third-order valence-corrected chi connectivity index (χ3v) is 5.46. The number of nitrogens with zero attached hydrogens (tertiary/aromatic N) is 3. The van der Waals surface area contributed by atoms with Gasteiger partial charge in [0.25, 0.3) is 11.5 Å².